The molecule has 0 amide bonds. The highest BCUT2D eigenvalue weighted by atomic mass is 16.5. The normalized spacial score (nSPS) is 40.1. The van der Waals surface area contributed by atoms with Gasteiger partial charge in [0, 0.05) is 19.1 Å². The van der Waals surface area contributed by atoms with Crippen LogP contribution in [0.5, 0.6) is 0 Å². The lowest BCUT2D eigenvalue weighted by Gasteiger charge is -2.42. The van der Waals surface area contributed by atoms with Crippen LogP contribution in [0.2, 0.25) is 0 Å². The van der Waals surface area contributed by atoms with Gasteiger partial charge in [-0.2, -0.15) is 0 Å². The largest absolute Gasteiger partial charge is 0.375 e. The second-order valence-electron chi connectivity index (χ2n) is 3.45. The summed E-state index contributed by atoms with van der Waals surface area (Å²) in [5, 5.41) is 3.39. The maximum atomic E-state index is 5.67. The van der Waals surface area contributed by atoms with E-state index in [9.17, 15) is 0 Å². The fourth-order valence-corrected chi connectivity index (χ4v) is 1.97. The van der Waals surface area contributed by atoms with E-state index >= 15 is 0 Å². The van der Waals surface area contributed by atoms with Crippen LogP contribution in [-0.2, 0) is 4.74 Å². The van der Waals surface area contributed by atoms with Crippen LogP contribution < -0.4 is 5.32 Å². The van der Waals surface area contributed by atoms with Crippen molar-refractivity contribution in [2.24, 2.45) is 0 Å². The summed E-state index contributed by atoms with van der Waals surface area (Å²) in [6.45, 7) is 4.22. The molecule has 3 nitrogen and oxygen atoms in total. The second-order valence-corrected chi connectivity index (χ2v) is 3.45. The van der Waals surface area contributed by atoms with E-state index < -0.39 is 0 Å². The minimum atomic E-state index is 0.495. The molecule has 0 bridgehead atoms. The Morgan fingerprint density at radius 2 is 2.45 bits per heavy atom. The topological polar surface area (TPSA) is 24.5 Å². The summed E-state index contributed by atoms with van der Waals surface area (Å²) in [6, 6.07) is 0.623. The van der Waals surface area contributed by atoms with Crippen molar-refractivity contribution in [3.63, 3.8) is 0 Å². The molecular weight excluding hydrogens is 140 g/mol. The molecule has 2 saturated heterocycles. The first-order valence-corrected chi connectivity index (χ1v) is 4.40. The zero-order valence-electron chi connectivity index (χ0n) is 7.05. The first-order chi connectivity index (χ1) is 5.38. The fourth-order valence-electron chi connectivity index (χ4n) is 1.97. The van der Waals surface area contributed by atoms with Gasteiger partial charge in [-0.3, -0.25) is 4.90 Å². The van der Waals surface area contributed by atoms with E-state index in [2.05, 4.69) is 17.3 Å². The summed E-state index contributed by atoms with van der Waals surface area (Å²) in [7, 11) is 2.19. The maximum absolute atomic E-state index is 5.67. The van der Waals surface area contributed by atoms with Gasteiger partial charge in [0.15, 0.2) is 0 Å². The summed E-state index contributed by atoms with van der Waals surface area (Å²) >= 11 is 0. The lowest BCUT2D eigenvalue weighted by Crippen LogP contribution is -2.57. The first-order valence-electron chi connectivity index (χ1n) is 4.40. The average molecular weight is 156 g/mol. The van der Waals surface area contributed by atoms with Crippen molar-refractivity contribution < 1.29 is 4.74 Å². The van der Waals surface area contributed by atoms with Crippen LogP contribution in [0.4, 0.5) is 0 Å². The molecule has 3 heteroatoms. The van der Waals surface area contributed by atoms with Gasteiger partial charge in [0.05, 0.1) is 12.7 Å². The number of ether oxygens (including phenoxy) is 1. The Labute approximate surface area is 67.7 Å². The van der Waals surface area contributed by atoms with E-state index in [0.29, 0.717) is 12.1 Å². The molecular formula is C8H16N2O. The lowest BCUT2D eigenvalue weighted by molar-refractivity contribution is -0.0730. The molecule has 2 atom stereocenters. The van der Waals surface area contributed by atoms with Crippen molar-refractivity contribution >= 4 is 0 Å². The maximum Gasteiger partial charge on any atom is 0.0755 e. The minimum absolute atomic E-state index is 0.495. The smallest absolute Gasteiger partial charge is 0.0755 e. The number of likely N-dealkylation sites (N-methyl/N-ethyl adjacent to an activating group) is 1. The second kappa shape index (κ2) is 3.09. The third kappa shape index (κ3) is 1.41. The number of hydrogen-bond donors (Lipinski definition) is 1. The molecule has 0 spiro atoms. The molecule has 11 heavy (non-hydrogen) atoms. The number of rotatable bonds is 0. The van der Waals surface area contributed by atoms with Crippen LogP contribution in [0.3, 0.4) is 0 Å². The highest BCUT2D eigenvalue weighted by Gasteiger charge is 2.31. The summed E-state index contributed by atoms with van der Waals surface area (Å²) in [5.74, 6) is 0. The highest BCUT2D eigenvalue weighted by Crippen LogP contribution is 2.17. The van der Waals surface area contributed by atoms with Crippen LogP contribution in [0.1, 0.15) is 6.42 Å². The summed E-state index contributed by atoms with van der Waals surface area (Å²) in [5.41, 5.74) is 0. The van der Waals surface area contributed by atoms with Crippen molar-refractivity contribution in [1.29, 1.82) is 0 Å². The Balaban J connectivity index is 1.99. The minimum Gasteiger partial charge on any atom is -0.375 e. The molecule has 2 aliphatic rings. The van der Waals surface area contributed by atoms with Gasteiger partial charge < -0.3 is 10.1 Å². The molecule has 2 rings (SSSR count). The predicted molar refractivity (Wildman–Crippen MR) is 43.6 cm³/mol. The first kappa shape index (κ1) is 7.53. The third-order valence-corrected chi connectivity index (χ3v) is 2.73. The van der Waals surface area contributed by atoms with Crippen LogP contribution >= 0.6 is 0 Å². The molecule has 0 saturated carbocycles. The summed E-state index contributed by atoms with van der Waals surface area (Å²) < 4.78 is 5.67. The Bertz CT molecular complexity index is 138. The van der Waals surface area contributed by atoms with E-state index in [1.807, 2.05) is 0 Å². The summed E-state index contributed by atoms with van der Waals surface area (Å²) in [4.78, 5) is 2.40. The average Bonchev–Trinajstić information content (AvgIpc) is 2.06. The molecule has 2 fully saturated rings. The van der Waals surface area contributed by atoms with E-state index in [1.165, 1.54) is 6.42 Å². The number of morpholine rings is 1. The van der Waals surface area contributed by atoms with E-state index in [-0.39, 0.29) is 0 Å². The molecule has 2 aliphatic heterocycles. The van der Waals surface area contributed by atoms with Crippen molar-refractivity contribution in [3.8, 4) is 0 Å². The Hall–Kier alpha value is -0.120. The Morgan fingerprint density at radius 3 is 3.27 bits per heavy atom. The molecule has 0 aliphatic carbocycles. The molecule has 0 aromatic heterocycles. The van der Waals surface area contributed by atoms with Gasteiger partial charge in [0.2, 0.25) is 0 Å². The van der Waals surface area contributed by atoms with E-state index in [1.54, 1.807) is 0 Å². The number of nitrogens with one attached hydrogen (secondary N) is 1. The number of piperidine rings is 1. The highest BCUT2D eigenvalue weighted by molar-refractivity contribution is 4.87. The van der Waals surface area contributed by atoms with Crippen molar-refractivity contribution in [3.05, 3.63) is 0 Å². The van der Waals surface area contributed by atoms with Gasteiger partial charge in [0.1, 0.15) is 0 Å². The third-order valence-electron chi connectivity index (χ3n) is 2.73. The number of nitrogens with zero attached hydrogens (tertiary/aromatic N) is 1. The van der Waals surface area contributed by atoms with E-state index in [4.69, 9.17) is 4.74 Å². The summed E-state index contributed by atoms with van der Waals surface area (Å²) in [6.07, 6.45) is 1.67. The molecule has 0 aromatic carbocycles. The number of hydrogen-bond acceptors (Lipinski definition) is 3. The lowest BCUT2D eigenvalue weighted by atomic mass is 10.0. The molecule has 1 N–H and O–H groups in total. The quantitative estimate of drug-likeness (QED) is 0.520. The zero-order valence-corrected chi connectivity index (χ0v) is 7.05. The Morgan fingerprint density at radius 1 is 1.55 bits per heavy atom. The van der Waals surface area contributed by atoms with Gasteiger partial charge in [-0.05, 0) is 20.0 Å². The molecule has 0 unspecified atom stereocenters. The molecule has 64 valence electrons. The van der Waals surface area contributed by atoms with Crippen LogP contribution in [0, 0.1) is 0 Å². The van der Waals surface area contributed by atoms with Crippen molar-refractivity contribution in [2.75, 3.05) is 33.3 Å². The van der Waals surface area contributed by atoms with Gasteiger partial charge in [-0.25, -0.2) is 0 Å². The fraction of sp³-hybridized carbons (Fsp3) is 1.00. The zero-order chi connectivity index (χ0) is 7.68. The van der Waals surface area contributed by atoms with Gasteiger partial charge in [0.25, 0.3) is 0 Å². The van der Waals surface area contributed by atoms with Gasteiger partial charge >= 0.3 is 0 Å². The molecule has 0 radical (unpaired) electrons. The number of fused-ring (bicyclic) bond motifs is 1. The Kier molecular flexibility index (Phi) is 2.11. The van der Waals surface area contributed by atoms with Crippen LogP contribution in [0.25, 0.3) is 0 Å². The SMILES string of the molecule is CN1CCO[C@H]2CCNC[C@H]21. The molecule has 2 heterocycles. The van der Waals surface area contributed by atoms with E-state index in [0.717, 1.165) is 26.2 Å². The van der Waals surface area contributed by atoms with Crippen LogP contribution in [0.15, 0.2) is 0 Å². The monoisotopic (exact) mass is 156 g/mol. The molecule has 0 aromatic rings. The van der Waals surface area contributed by atoms with Crippen molar-refractivity contribution in [2.45, 2.75) is 18.6 Å². The standard InChI is InChI=1S/C8H16N2O/c1-10-4-5-11-8-2-3-9-6-7(8)10/h7-9H,2-6H2,1H3/t7-,8+/m1/s1. The van der Waals surface area contributed by atoms with Crippen LogP contribution in [-0.4, -0.2) is 50.3 Å². The van der Waals surface area contributed by atoms with Crippen molar-refractivity contribution in [1.82, 2.24) is 10.2 Å². The van der Waals surface area contributed by atoms with Gasteiger partial charge in [-0.1, -0.05) is 0 Å². The predicted octanol–water partition coefficient (Wildman–Crippen LogP) is -0.321. The van der Waals surface area contributed by atoms with Gasteiger partial charge in [-0.15, -0.1) is 0 Å².